The summed E-state index contributed by atoms with van der Waals surface area (Å²) in [5.74, 6) is -1.37. The standard InChI is InChI=1S/C19H25N3O3/c1-12(10-16-13(2)21-22(4)14(16)3)19(25)20-17(11-18(23)24)15-8-6-5-7-9-15/h5-9,12,17H,10-11H2,1-4H3,(H,20,25)(H,23,24)/t12?,17-/m0/s1. The van der Waals surface area contributed by atoms with Crippen molar-refractivity contribution in [1.29, 1.82) is 0 Å². The number of carbonyl (C=O) groups excluding carboxylic acids is 1. The second-order valence-electron chi connectivity index (χ2n) is 6.45. The van der Waals surface area contributed by atoms with E-state index in [-0.39, 0.29) is 18.2 Å². The van der Waals surface area contributed by atoms with E-state index in [9.17, 15) is 9.59 Å². The van der Waals surface area contributed by atoms with Gasteiger partial charge in [0.15, 0.2) is 0 Å². The van der Waals surface area contributed by atoms with Crippen molar-refractivity contribution in [3.8, 4) is 0 Å². The molecular weight excluding hydrogens is 318 g/mol. The van der Waals surface area contributed by atoms with Crippen LogP contribution in [0.3, 0.4) is 0 Å². The van der Waals surface area contributed by atoms with Crippen LogP contribution in [0.4, 0.5) is 0 Å². The van der Waals surface area contributed by atoms with Gasteiger partial charge in [0.05, 0.1) is 18.2 Å². The Hall–Kier alpha value is -2.63. The van der Waals surface area contributed by atoms with Crippen molar-refractivity contribution in [2.24, 2.45) is 13.0 Å². The summed E-state index contributed by atoms with van der Waals surface area (Å²) in [6.07, 6.45) is 0.430. The Bertz CT molecular complexity index is 753. The van der Waals surface area contributed by atoms with Crippen LogP contribution < -0.4 is 5.32 Å². The topological polar surface area (TPSA) is 84.2 Å². The molecule has 2 aromatic rings. The van der Waals surface area contributed by atoms with Gasteiger partial charge in [0.2, 0.25) is 5.91 Å². The highest BCUT2D eigenvalue weighted by molar-refractivity contribution is 5.80. The van der Waals surface area contributed by atoms with Gasteiger partial charge in [-0.05, 0) is 31.4 Å². The van der Waals surface area contributed by atoms with E-state index in [4.69, 9.17) is 5.11 Å². The number of carboxylic acids is 1. The van der Waals surface area contributed by atoms with Crippen molar-refractivity contribution in [1.82, 2.24) is 15.1 Å². The number of rotatable bonds is 7. The zero-order valence-electron chi connectivity index (χ0n) is 15.1. The molecule has 0 saturated heterocycles. The fourth-order valence-corrected chi connectivity index (χ4v) is 2.94. The van der Waals surface area contributed by atoms with Crippen LogP contribution in [0, 0.1) is 19.8 Å². The Labute approximate surface area is 147 Å². The van der Waals surface area contributed by atoms with Crippen LogP contribution in [0.5, 0.6) is 0 Å². The number of nitrogens with zero attached hydrogens (tertiary/aromatic N) is 2. The predicted molar refractivity (Wildman–Crippen MR) is 95.1 cm³/mol. The number of aryl methyl sites for hydroxylation is 2. The third-order valence-corrected chi connectivity index (χ3v) is 4.51. The average Bonchev–Trinajstić information content (AvgIpc) is 2.80. The van der Waals surface area contributed by atoms with E-state index in [0.717, 1.165) is 22.5 Å². The van der Waals surface area contributed by atoms with Crippen molar-refractivity contribution in [2.45, 2.75) is 39.7 Å². The second kappa shape index (κ2) is 7.96. The number of hydrogen-bond acceptors (Lipinski definition) is 3. The first-order valence-corrected chi connectivity index (χ1v) is 8.35. The molecule has 6 heteroatoms. The van der Waals surface area contributed by atoms with Crippen LogP contribution in [-0.4, -0.2) is 26.8 Å². The van der Waals surface area contributed by atoms with Gasteiger partial charge in [0.1, 0.15) is 0 Å². The van der Waals surface area contributed by atoms with Gasteiger partial charge in [-0.1, -0.05) is 37.3 Å². The number of carbonyl (C=O) groups is 2. The maximum absolute atomic E-state index is 12.6. The summed E-state index contributed by atoms with van der Waals surface area (Å²) in [6, 6.07) is 8.65. The number of nitrogens with one attached hydrogen (secondary N) is 1. The second-order valence-corrected chi connectivity index (χ2v) is 6.45. The Kier molecular flexibility index (Phi) is 5.96. The minimum atomic E-state index is -0.944. The first-order chi connectivity index (χ1) is 11.8. The van der Waals surface area contributed by atoms with Gasteiger partial charge in [0, 0.05) is 18.7 Å². The monoisotopic (exact) mass is 343 g/mol. The van der Waals surface area contributed by atoms with Gasteiger partial charge in [-0.25, -0.2) is 0 Å². The summed E-state index contributed by atoms with van der Waals surface area (Å²) in [4.78, 5) is 23.8. The molecule has 0 saturated carbocycles. The molecule has 0 bridgehead atoms. The fraction of sp³-hybridized carbons (Fsp3) is 0.421. The maximum atomic E-state index is 12.6. The molecule has 6 nitrogen and oxygen atoms in total. The van der Waals surface area contributed by atoms with Gasteiger partial charge in [0.25, 0.3) is 0 Å². The third kappa shape index (κ3) is 4.68. The van der Waals surface area contributed by atoms with E-state index in [1.807, 2.05) is 62.8 Å². The molecule has 134 valence electrons. The molecule has 0 aliphatic carbocycles. The van der Waals surface area contributed by atoms with Crippen LogP contribution in [0.1, 0.15) is 41.9 Å². The van der Waals surface area contributed by atoms with Crippen LogP contribution >= 0.6 is 0 Å². The number of benzene rings is 1. The molecule has 1 unspecified atom stereocenters. The molecule has 2 rings (SSSR count). The van der Waals surface area contributed by atoms with Crippen LogP contribution in [0.2, 0.25) is 0 Å². The molecule has 1 heterocycles. The SMILES string of the molecule is Cc1nn(C)c(C)c1CC(C)C(=O)N[C@@H](CC(=O)O)c1ccccc1. The van der Waals surface area contributed by atoms with Crippen molar-refractivity contribution in [3.63, 3.8) is 0 Å². The molecule has 25 heavy (non-hydrogen) atoms. The minimum absolute atomic E-state index is 0.145. The third-order valence-electron chi connectivity index (χ3n) is 4.51. The van der Waals surface area contributed by atoms with Crippen LogP contribution in [-0.2, 0) is 23.1 Å². The molecule has 0 radical (unpaired) electrons. The first kappa shape index (κ1) is 18.7. The lowest BCUT2D eigenvalue weighted by molar-refractivity contribution is -0.137. The molecule has 0 fully saturated rings. The Morgan fingerprint density at radius 2 is 1.88 bits per heavy atom. The highest BCUT2D eigenvalue weighted by Crippen LogP contribution is 2.20. The van der Waals surface area contributed by atoms with E-state index in [0.29, 0.717) is 6.42 Å². The van der Waals surface area contributed by atoms with E-state index < -0.39 is 12.0 Å². The van der Waals surface area contributed by atoms with Gasteiger partial charge in [-0.15, -0.1) is 0 Å². The van der Waals surface area contributed by atoms with Crippen molar-refractivity contribution < 1.29 is 14.7 Å². The molecular formula is C19H25N3O3. The zero-order valence-corrected chi connectivity index (χ0v) is 15.1. The van der Waals surface area contributed by atoms with Crippen LogP contribution in [0.25, 0.3) is 0 Å². The fourth-order valence-electron chi connectivity index (χ4n) is 2.94. The zero-order chi connectivity index (χ0) is 18.6. The molecule has 1 aromatic heterocycles. The summed E-state index contributed by atoms with van der Waals surface area (Å²) in [5.41, 5.74) is 3.82. The average molecular weight is 343 g/mol. The van der Waals surface area contributed by atoms with Gasteiger partial charge >= 0.3 is 5.97 Å². The molecule has 1 amide bonds. The molecule has 0 aliphatic heterocycles. The highest BCUT2D eigenvalue weighted by atomic mass is 16.4. The summed E-state index contributed by atoms with van der Waals surface area (Å²) < 4.78 is 1.81. The maximum Gasteiger partial charge on any atom is 0.305 e. The summed E-state index contributed by atoms with van der Waals surface area (Å²) >= 11 is 0. The highest BCUT2D eigenvalue weighted by Gasteiger charge is 2.23. The van der Waals surface area contributed by atoms with Crippen molar-refractivity contribution in [3.05, 3.63) is 52.8 Å². The lowest BCUT2D eigenvalue weighted by atomic mass is 9.97. The molecule has 0 spiro atoms. The number of hydrogen-bond donors (Lipinski definition) is 2. The summed E-state index contributed by atoms with van der Waals surface area (Å²) in [6.45, 7) is 5.77. The smallest absolute Gasteiger partial charge is 0.305 e. The molecule has 1 aromatic carbocycles. The van der Waals surface area contributed by atoms with Crippen molar-refractivity contribution >= 4 is 11.9 Å². The van der Waals surface area contributed by atoms with E-state index in [2.05, 4.69) is 10.4 Å². The van der Waals surface area contributed by atoms with E-state index >= 15 is 0 Å². The van der Waals surface area contributed by atoms with E-state index in [1.54, 1.807) is 0 Å². The predicted octanol–water partition coefficient (Wildman–Crippen LogP) is 2.55. The number of carboxylic acid groups (broad SMARTS) is 1. The summed E-state index contributed by atoms with van der Waals surface area (Å²) in [7, 11) is 1.88. The normalized spacial score (nSPS) is 13.3. The van der Waals surface area contributed by atoms with E-state index in [1.165, 1.54) is 0 Å². The number of aliphatic carboxylic acids is 1. The quantitative estimate of drug-likeness (QED) is 0.809. The Balaban J connectivity index is 2.10. The summed E-state index contributed by atoms with van der Waals surface area (Å²) in [5, 5.41) is 16.4. The first-order valence-electron chi connectivity index (χ1n) is 8.35. The number of amides is 1. The lowest BCUT2D eigenvalue weighted by Crippen LogP contribution is -2.35. The van der Waals surface area contributed by atoms with Crippen molar-refractivity contribution in [2.75, 3.05) is 0 Å². The minimum Gasteiger partial charge on any atom is -0.481 e. The largest absolute Gasteiger partial charge is 0.481 e. The molecule has 2 atom stereocenters. The molecule has 0 aliphatic rings. The van der Waals surface area contributed by atoms with Gasteiger partial charge in [-0.2, -0.15) is 5.10 Å². The van der Waals surface area contributed by atoms with Gasteiger partial charge in [-0.3, -0.25) is 14.3 Å². The van der Waals surface area contributed by atoms with Crippen LogP contribution in [0.15, 0.2) is 30.3 Å². The Morgan fingerprint density at radius 1 is 1.24 bits per heavy atom. The Morgan fingerprint density at radius 3 is 2.40 bits per heavy atom. The van der Waals surface area contributed by atoms with Gasteiger partial charge < -0.3 is 10.4 Å². The molecule has 2 N–H and O–H groups in total. The lowest BCUT2D eigenvalue weighted by Gasteiger charge is -2.20. The number of aromatic nitrogens is 2.